The van der Waals surface area contributed by atoms with Gasteiger partial charge in [0.1, 0.15) is 0 Å². The summed E-state index contributed by atoms with van der Waals surface area (Å²) in [5.41, 5.74) is 6.36. The molecule has 1 rings (SSSR count). The van der Waals surface area contributed by atoms with E-state index in [0.29, 0.717) is 11.6 Å². The third-order valence-corrected chi connectivity index (χ3v) is 2.89. The quantitative estimate of drug-likeness (QED) is 0.378. The van der Waals surface area contributed by atoms with E-state index in [1.165, 1.54) is 4.90 Å². The standard InChI is InChI=1S/C12H16ClN3O2/c1-8(11(14)15-18)12(17)16(2)7-9-3-5-10(13)6-4-9/h3-6,8,18H,7H2,1-2H3,(H2,14,15). The number of benzene rings is 1. The van der Waals surface area contributed by atoms with Crippen LogP contribution in [0.2, 0.25) is 5.02 Å². The van der Waals surface area contributed by atoms with Crippen molar-refractivity contribution in [2.45, 2.75) is 13.5 Å². The van der Waals surface area contributed by atoms with E-state index in [4.69, 9.17) is 22.5 Å². The van der Waals surface area contributed by atoms with E-state index in [0.717, 1.165) is 5.56 Å². The third-order valence-electron chi connectivity index (χ3n) is 2.64. The van der Waals surface area contributed by atoms with Gasteiger partial charge in [0.2, 0.25) is 5.91 Å². The third kappa shape index (κ3) is 3.63. The Bertz CT molecular complexity index is 445. The van der Waals surface area contributed by atoms with Crippen molar-refractivity contribution in [3.05, 3.63) is 34.9 Å². The van der Waals surface area contributed by atoms with Gasteiger partial charge in [-0.05, 0) is 24.6 Å². The smallest absolute Gasteiger partial charge is 0.233 e. The first-order valence-corrected chi connectivity index (χ1v) is 5.80. The zero-order valence-corrected chi connectivity index (χ0v) is 11.1. The second kappa shape index (κ2) is 6.26. The Morgan fingerprint density at radius 1 is 1.50 bits per heavy atom. The van der Waals surface area contributed by atoms with Crippen LogP contribution in [-0.2, 0) is 11.3 Å². The van der Waals surface area contributed by atoms with Crippen molar-refractivity contribution in [2.24, 2.45) is 16.8 Å². The molecule has 1 atom stereocenters. The number of hydrogen-bond acceptors (Lipinski definition) is 3. The van der Waals surface area contributed by atoms with Crippen molar-refractivity contribution in [1.82, 2.24) is 4.90 Å². The minimum Gasteiger partial charge on any atom is -0.409 e. The molecular formula is C12H16ClN3O2. The van der Waals surface area contributed by atoms with E-state index < -0.39 is 5.92 Å². The number of oxime groups is 1. The van der Waals surface area contributed by atoms with Crippen molar-refractivity contribution in [3.8, 4) is 0 Å². The lowest BCUT2D eigenvalue weighted by atomic mass is 10.1. The molecule has 0 radical (unpaired) electrons. The number of carbonyl (C=O) groups is 1. The van der Waals surface area contributed by atoms with Gasteiger partial charge in [-0.1, -0.05) is 28.9 Å². The molecule has 98 valence electrons. The monoisotopic (exact) mass is 269 g/mol. The lowest BCUT2D eigenvalue weighted by Crippen LogP contribution is -2.38. The van der Waals surface area contributed by atoms with Crippen LogP contribution in [0.3, 0.4) is 0 Å². The van der Waals surface area contributed by atoms with Gasteiger partial charge >= 0.3 is 0 Å². The van der Waals surface area contributed by atoms with E-state index in [1.54, 1.807) is 26.1 Å². The van der Waals surface area contributed by atoms with E-state index in [1.807, 2.05) is 12.1 Å². The number of nitrogens with two attached hydrogens (primary N) is 1. The van der Waals surface area contributed by atoms with Gasteiger partial charge in [-0.25, -0.2) is 0 Å². The van der Waals surface area contributed by atoms with Crippen molar-refractivity contribution in [1.29, 1.82) is 0 Å². The van der Waals surface area contributed by atoms with E-state index >= 15 is 0 Å². The first kappa shape index (κ1) is 14.3. The highest BCUT2D eigenvalue weighted by atomic mass is 35.5. The summed E-state index contributed by atoms with van der Waals surface area (Å²) in [6, 6.07) is 7.23. The molecule has 0 fully saturated rings. The number of hydrogen-bond donors (Lipinski definition) is 2. The maximum absolute atomic E-state index is 11.9. The summed E-state index contributed by atoms with van der Waals surface area (Å²) in [4.78, 5) is 13.5. The van der Waals surface area contributed by atoms with Crippen LogP contribution in [0.4, 0.5) is 0 Å². The minimum atomic E-state index is -0.646. The molecule has 5 nitrogen and oxygen atoms in total. The van der Waals surface area contributed by atoms with Crippen LogP contribution >= 0.6 is 11.6 Å². The molecule has 0 aliphatic rings. The van der Waals surface area contributed by atoms with Crippen LogP contribution in [0.5, 0.6) is 0 Å². The normalized spacial score (nSPS) is 13.2. The Morgan fingerprint density at radius 2 is 2.06 bits per heavy atom. The van der Waals surface area contributed by atoms with Gasteiger partial charge in [-0.3, -0.25) is 4.79 Å². The molecule has 18 heavy (non-hydrogen) atoms. The molecule has 0 aromatic heterocycles. The summed E-state index contributed by atoms with van der Waals surface area (Å²) in [6.07, 6.45) is 0. The Balaban J connectivity index is 2.68. The van der Waals surface area contributed by atoms with Crippen LogP contribution in [0.1, 0.15) is 12.5 Å². The van der Waals surface area contributed by atoms with Crippen molar-refractivity contribution in [2.75, 3.05) is 7.05 Å². The molecular weight excluding hydrogens is 254 g/mol. The Labute approximate surface area is 111 Å². The zero-order valence-electron chi connectivity index (χ0n) is 10.3. The fourth-order valence-corrected chi connectivity index (χ4v) is 1.61. The molecule has 1 aromatic carbocycles. The second-order valence-corrected chi connectivity index (χ2v) is 4.50. The van der Waals surface area contributed by atoms with E-state index in [-0.39, 0.29) is 11.7 Å². The van der Waals surface area contributed by atoms with Gasteiger partial charge in [-0.15, -0.1) is 0 Å². The first-order valence-electron chi connectivity index (χ1n) is 5.42. The maximum Gasteiger partial charge on any atom is 0.233 e. The number of amidine groups is 1. The summed E-state index contributed by atoms with van der Waals surface area (Å²) >= 11 is 5.78. The Hall–Kier alpha value is -1.75. The molecule has 0 saturated heterocycles. The number of rotatable bonds is 4. The van der Waals surface area contributed by atoms with Gasteiger partial charge in [0.05, 0.1) is 5.92 Å². The molecule has 0 saturated carbocycles. The van der Waals surface area contributed by atoms with E-state index in [9.17, 15) is 4.79 Å². The van der Waals surface area contributed by atoms with Crippen LogP contribution in [-0.4, -0.2) is 28.9 Å². The lowest BCUT2D eigenvalue weighted by molar-refractivity contribution is -0.132. The molecule has 0 aliphatic carbocycles. The highest BCUT2D eigenvalue weighted by Gasteiger charge is 2.21. The van der Waals surface area contributed by atoms with Crippen molar-refractivity contribution < 1.29 is 10.0 Å². The number of carbonyl (C=O) groups excluding carboxylic acids is 1. The molecule has 1 amide bonds. The Kier molecular flexibility index (Phi) is 4.97. The number of halogens is 1. The van der Waals surface area contributed by atoms with Crippen LogP contribution < -0.4 is 5.73 Å². The van der Waals surface area contributed by atoms with Gasteiger partial charge in [-0.2, -0.15) is 0 Å². The largest absolute Gasteiger partial charge is 0.409 e. The molecule has 0 spiro atoms. The van der Waals surface area contributed by atoms with Gasteiger partial charge in [0, 0.05) is 18.6 Å². The topological polar surface area (TPSA) is 78.9 Å². The highest BCUT2D eigenvalue weighted by Crippen LogP contribution is 2.12. The molecule has 0 aliphatic heterocycles. The second-order valence-electron chi connectivity index (χ2n) is 4.07. The Morgan fingerprint density at radius 3 is 2.56 bits per heavy atom. The molecule has 0 heterocycles. The van der Waals surface area contributed by atoms with Gasteiger partial charge < -0.3 is 15.8 Å². The fraction of sp³-hybridized carbons (Fsp3) is 0.333. The van der Waals surface area contributed by atoms with Gasteiger partial charge in [0.15, 0.2) is 5.84 Å². The molecule has 1 unspecified atom stereocenters. The summed E-state index contributed by atoms with van der Waals surface area (Å²) in [5.74, 6) is -0.949. The van der Waals surface area contributed by atoms with Crippen molar-refractivity contribution in [3.63, 3.8) is 0 Å². The average Bonchev–Trinajstić information content (AvgIpc) is 2.38. The fourth-order valence-electron chi connectivity index (χ4n) is 1.49. The SMILES string of the molecule is CC(C(=O)N(C)Cc1ccc(Cl)cc1)C(N)=NO. The summed E-state index contributed by atoms with van der Waals surface area (Å²) in [5, 5.41) is 12.0. The van der Waals surface area contributed by atoms with Crippen molar-refractivity contribution >= 4 is 23.3 Å². The predicted octanol–water partition coefficient (Wildman–Crippen LogP) is 1.68. The zero-order chi connectivity index (χ0) is 13.7. The van der Waals surface area contributed by atoms with E-state index in [2.05, 4.69) is 5.16 Å². The maximum atomic E-state index is 11.9. The molecule has 3 N–H and O–H groups in total. The van der Waals surface area contributed by atoms with Crippen LogP contribution in [0.15, 0.2) is 29.4 Å². The first-order chi connectivity index (χ1) is 8.45. The number of nitrogens with zero attached hydrogens (tertiary/aromatic N) is 2. The summed E-state index contributed by atoms with van der Waals surface area (Å²) in [7, 11) is 1.66. The summed E-state index contributed by atoms with van der Waals surface area (Å²) in [6.45, 7) is 2.04. The molecule has 6 heteroatoms. The number of amides is 1. The molecule has 1 aromatic rings. The predicted molar refractivity (Wildman–Crippen MR) is 70.5 cm³/mol. The van der Waals surface area contributed by atoms with Crippen LogP contribution in [0.25, 0.3) is 0 Å². The summed E-state index contributed by atoms with van der Waals surface area (Å²) < 4.78 is 0. The average molecular weight is 270 g/mol. The van der Waals surface area contributed by atoms with Gasteiger partial charge in [0.25, 0.3) is 0 Å². The minimum absolute atomic E-state index is 0.0945. The molecule has 0 bridgehead atoms. The lowest BCUT2D eigenvalue weighted by Gasteiger charge is -2.20. The van der Waals surface area contributed by atoms with Crippen LogP contribution in [0, 0.1) is 5.92 Å². The highest BCUT2D eigenvalue weighted by molar-refractivity contribution is 6.30.